The van der Waals surface area contributed by atoms with Crippen LogP contribution in [0.25, 0.3) is 0 Å². The minimum absolute atomic E-state index is 0.0220. The van der Waals surface area contributed by atoms with Crippen LogP contribution in [0.3, 0.4) is 0 Å². The largest absolute Gasteiger partial charge is 0.341 e. The SMILES string of the molecule is CC(C)C(Br)C(=O)N1CCC(C(C)(C)C)C1. The van der Waals surface area contributed by atoms with Gasteiger partial charge in [0, 0.05) is 13.1 Å². The van der Waals surface area contributed by atoms with Crippen molar-refractivity contribution in [2.75, 3.05) is 13.1 Å². The third-order valence-corrected chi connectivity index (χ3v) is 4.99. The molecule has 0 aliphatic carbocycles. The van der Waals surface area contributed by atoms with Crippen molar-refractivity contribution in [2.45, 2.75) is 45.9 Å². The second-order valence-corrected chi connectivity index (χ2v) is 7.27. The highest BCUT2D eigenvalue weighted by Gasteiger charge is 2.35. The van der Waals surface area contributed by atoms with E-state index in [1.165, 1.54) is 0 Å². The van der Waals surface area contributed by atoms with Crippen molar-refractivity contribution >= 4 is 21.8 Å². The molecule has 1 saturated heterocycles. The summed E-state index contributed by atoms with van der Waals surface area (Å²) in [6.45, 7) is 12.8. The number of halogens is 1. The van der Waals surface area contributed by atoms with Gasteiger partial charge < -0.3 is 4.90 Å². The first kappa shape index (κ1) is 14.0. The molecule has 1 rings (SSSR count). The minimum Gasteiger partial charge on any atom is -0.341 e. The molecule has 2 atom stereocenters. The fourth-order valence-corrected chi connectivity index (χ4v) is 2.42. The quantitative estimate of drug-likeness (QED) is 0.715. The molecule has 1 aliphatic rings. The van der Waals surface area contributed by atoms with Gasteiger partial charge in [0.05, 0.1) is 4.83 Å². The van der Waals surface area contributed by atoms with Crippen LogP contribution in [-0.2, 0) is 4.79 Å². The van der Waals surface area contributed by atoms with Crippen LogP contribution in [-0.4, -0.2) is 28.7 Å². The maximum atomic E-state index is 12.1. The standard InChI is InChI=1S/C13H24BrNO/c1-9(2)11(14)12(16)15-7-6-10(8-15)13(3,4)5/h9-11H,6-8H2,1-5H3. The average molecular weight is 290 g/mol. The number of hydrogen-bond acceptors (Lipinski definition) is 1. The summed E-state index contributed by atoms with van der Waals surface area (Å²) in [5.41, 5.74) is 0.314. The van der Waals surface area contributed by atoms with Crippen molar-refractivity contribution in [1.82, 2.24) is 4.90 Å². The zero-order valence-electron chi connectivity index (χ0n) is 11.1. The molecular formula is C13H24BrNO. The Balaban J connectivity index is 2.57. The molecule has 0 N–H and O–H groups in total. The Hall–Kier alpha value is -0.0500. The summed E-state index contributed by atoms with van der Waals surface area (Å²) in [6.07, 6.45) is 1.15. The van der Waals surface area contributed by atoms with Crippen LogP contribution in [0.15, 0.2) is 0 Å². The van der Waals surface area contributed by atoms with E-state index in [1.54, 1.807) is 0 Å². The van der Waals surface area contributed by atoms with Gasteiger partial charge in [-0.3, -0.25) is 4.79 Å². The van der Waals surface area contributed by atoms with Crippen molar-refractivity contribution < 1.29 is 4.79 Å². The van der Waals surface area contributed by atoms with Gasteiger partial charge in [0.25, 0.3) is 0 Å². The lowest BCUT2D eigenvalue weighted by atomic mass is 9.80. The van der Waals surface area contributed by atoms with Gasteiger partial charge in [0.1, 0.15) is 0 Å². The molecule has 0 aromatic rings. The number of nitrogens with zero attached hydrogens (tertiary/aromatic N) is 1. The zero-order valence-corrected chi connectivity index (χ0v) is 12.7. The second-order valence-electron chi connectivity index (χ2n) is 6.28. The summed E-state index contributed by atoms with van der Waals surface area (Å²) in [4.78, 5) is 14.1. The number of likely N-dealkylation sites (tertiary alicyclic amines) is 1. The van der Waals surface area contributed by atoms with Gasteiger partial charge in [0.2, 0.25) is 5.91 Å². The first-order valence-corrected chi connectivity index (χ1v) is 7.08. The predicted octanol–water partition coefficient (Wildman–Crippen LogP) is 3.30. The van der Waals surface area contributed by atoms with E-state index in [2.05, 4.69) is 50.5 Å². The first-order chi connectivity index (χ1) is 7.23. The van der Waals surface area contributed by atoms with Crippen molar-refractivity contribution in [2.24, 2.45) is 17.3 Å². The lowest BCUT2D eigenvalue weighted by molar-refractivity contribution is -0.130. The Morgan fingerprint density at radius 3 is 2.31 bits per heavy atom. The molecule has 1 aliphatic heterocycles. The molecule has 16 heavy (non-hydrogen) atoms. The van der Waals surface area contributed by atoms with Gasteiger partial charge in [0.15, 0.2) is 0 Å². The Morgan fingerprint density at radius 1 is 1.38 bits per heavy atom. The van der Waals surface area contributed by atoms with E-state index in [-0.39, 0.29) is 10.7 Å². The van der Waals surface area contributed by atoms with E-state index < -0.39 is 0 Å². The molecule has 1 fully saturated rings. The molecule has 0 aromatic carbocycles. The number of alkyl halides is 1. The summed E-state index contributed by atoms with van der Waals surface area (Å²) in [5, 5.41) is 0. The summed E-state index contributed by atoms with van der Waals surface area (Å²) < 4.78 is 0. The second kappa shape index (κ2) is 5.07. The van der Waals surface area contributed by atoms with Crippen LogP contribution in [0.4, 0.5) is 0 Å². The lowest BCUT2D eigenvalue weighted by Gasteiger charge is -2.28. The normalized spacial score (nSPS) is 23.9. The summed E-state index contributed by atoms with van der Waals surface area (Å²) in [5.74, 6) is 1.27. The van der Waals surface area contributed by atoms with E-state index in [0.717, 1.165) is 19.5 Å². The van der Waals surface area contributed by atoms with Gasteiger partial charge in [-0.05, 0) is 23.7 Å². The maximum Gasteiger partial charge on any atom is 0.236 e. The fraction of sp³-hybridized carbons (Fsp3) is 0.923. The molecule has 0 aromatic heterocycles. The van der Waals surface area contributed by atoms with Crippen molar-refractivity contribution in [3.05, 3.63) is 0 Å². The number of amides is 1. The van der Waals surface area contributed by atoms with E-state index in [4.69, 9.17) is 0 Å². The van der Waals surface area contributed by atoms with Crippen LogP contribution in [0, 0.1) is 17.3 Å². The summed E-state index contributed by atoms with van der Waals surface area (Å²) in [7, 11) is 0. The molecular weight excluding hydrogens is 266 g/mol. The predicted molar refractivity (Wildman–Crippen MR) is 71.7 cm³/mol. The first-order valence-electron chi connectivity index (χ1n) is 6.16. The van der Waals surface area contributed by atoms with Crippen molar-refractivity contribution in [3.8, 4) is 0 Å². The zero-order chi connectivity index (χ0) is 12.5. The van der Waals surface area contributed by atoms with Crippen molar-refractivity contribution in [1.29, 1.82) is 0 Å². The van der Waals surface area contributed by atoms with Crippen LogP contribution in [0.5, 0.6) is 0 Å². The highest BCUT2D eigenvalue weighted by molar-refractivity contribution is 9.10. The molecule has 0 bridgehead atoms. The Morgan fingerprint density at radius 2 is 1.94 bits per heavy atom. The average Bonchev–Trinajstić information content (AvgIpc) is 2.63. The van der Waals surface area contributed by atoms with Crippen molar-refractivity contribution in [3.63, 3.8) is 0 Å². The highest BCUT2D eigenvalue weighted by atomic mass is 79.9. The van der Waals surface area contributed by atoms with E-state index >= 15 is 0 Å². The Bertz CT molecular complexity index is 257. The number of rotatable bonds is 2. The highest BCUT2D eigenvalue weighted by Crippen LogP contribution is 2.34. The molecule has 1 amide bonds. The Kier molecular flexibility index (Phi) is 4.44. The third-order valence-electron chi connectivity index (χ3n) is 3.55. The monoisotopic (exact) mass is 289 g/mol. The fourth-order valence-electron chi connectivity index (χ4n) is 2.13. The van der Waals surface area contributed by atoms with Gasteiger partial charge in [-0.25, -0.2) is 0 Å². The minimum atomic E-state index is -0.0220. The van der Waals surface area contributed by atoms with Gasteiger partial charge in [-0.2, -0.15) is 0 Å². The van der Waals surface area contributed by atoms with E-state index in [1.807, 2.05) is 4.90 Å². The molecule has 2 unspecified atom stereocenters. The third kappa shape index (κ3) is 3.22. The van der Waals surface area contributed by atoms with Gasteiger partial charge in [-0.1, -0.05) is 50.5 Å². The molecule has 0 saturated carbocycles. The van der Waals surface area contributed by atoms with Gasteiger partial charge in [-0.15, -0.1) is 0 Å². The number of carbonyl (C=O) groups excluding carboxylic acids is 1. The molecule has 1 heterocycles. The smallest absolute Gasteiger partial charge is 0.236 e. The Labute approximate surface area is 108 Å². The van der Waals surface area contributed by atoms with E-state index in [9.17, 15) is 4.79 Å². The van der Waals surface area contributed by atoms with Crippen LogP contribution < -0.4 is 0 Å². The molecule has 3 heteroatoms. The lowest BCUT2D eigenvalue weighted by Crippen LogP contribution is -2.38. The topological polar surface area (TPSA) is 20.3 Å². The van der Waals surface area contributed by atoms with Crippen LogP contribution in [0.2, 0.25) is 0 Å². The number of hydrogen-bond donors (Lipinski definition) is 0. The van der Waals surface area contributed by atoms with Crippen LogP contribution in [0.1, 0.15) is 41.0 Å². The molecule has 0 radical (unpaired) electrons. The van der Waals surface area contributed by atoms with Crippen LogP contribution >= 0.6 is 15.9 Å². The number of carbonyl (C=O) groups is 1. The van der Waals surface area contributed by atoms with E-state index in [0.29, 0.717) is 17.3 Å². The van der Waals surface area contributed by atoms with Gasteiger partial charge >= 0.3 is 0 Å². The molecule has 2 nitrogen and oxygen atoms in total. The maximum absolute atomic E-state index is 12.1. The molecule has 0 spiro atoms. The summed E-state index contributed by atoms with van der Waals surface area (Å²) in [6, 6.07) is 0. The summed E-state index contributed by atoms with van der Waals surface area (Å²) >= 11 is 3.50. The molecule has 94 valence electrons.